The summed E-state index contributed by atoms with van der Waals surface area (Å²) < 4.78 is 43.5. The van der Waals surface area contributed by atoms with Gasteiger partial charge in [-0.15, -0.1) is 0 Å². The topological polar surface area (TPSA) is 105 Å². The van der Waals surface area contributed by atoms with Crippen LogP contribution in [-0.2, 0) is 16.1 Å². The number of ether oxygens (including phenoxy) is 2. The number of nitrogens with zero attached hydrogens (tertiary/aromatic N) is 2. The van der Waals surface area contributed by atoms with E-state index in [0.29, 0.717) is 46.9 Å². The molecular formula is C35H31ClF2N4O4. The van der Waals surface area contributed by atoms with E-state index in [9.17, 15) is 14.9 Å². The minimum atomic E-state index is -1.07. The Balaban J connectivity index is 1.21. The predicted molar refractivity (Wildman–Crippen MR) is 171 cm³/mol. The number of rotatable bonds is 8. The van der Waals surface area contributed by atoms with Gasteiger partial charge in [-0.1, -0.05) is 35.9 Å². The van der Waals surface area contributed by atoms with Crippen LogP contribution in [0.1, 0.15) is 47.2 Å². The van der Waals surface area contributed by atoms with Crippen molar-refractivity contribution in [2.75, 3.05) is 25.6 Å². The largest absolute Gasteiger partial charge is 0.491 e. The molecule has 2 heterocycles. The second kappa shape index (κ2) is 13.4. The van der Waals surface area contributed by atoms with E-state index in [1.165, 1.54) is 6.08 Å². The van der Waals surface area contributed by atoms with Crippen LogP contribution in [0.15, 0.2) is 60.8 Å². The average molecular weight is 645 g/mol. The van der Waals surface area contributed by atoms with Gasteiger partial charge < -0.3 is 24.7 Å². The van der Waals surface area contributed by atoms with Gasteiger partial charge in [-0.2, -0.15) is 5.26 Å². The molecule has 11 heteroatoms. The maximum absolute atomic E-state index is 15.2. The van der Waals surface area contributed by atoms with E-state index >= 15 is 8.78 Å². The van der Waals surface area contributed by atoms with E-state index in [2.05, 4.69) is 16.7 Å². The molecule has 1 saturated carbocycles. The molecule has 0 bridgehead atoms. The molecule has 6 rings (SSSR count). The molecule has 8 nitrogen and oxygen atoms in total. The Morgan fingerprint density at radius 1 is 1.15 bits per heavy atom. The molecule has 0 radical (unpaired) electrons. The molecule has 0 saturated heterocycles. The van der Waals surface area contributed by atoms with Crippen molar-refractivity contribution in [2.45, 2.75) is 44.4 Å². The fraction of sp³-hybridized carbons (Fsp3) is 0.286. The van der Waals surface area contributed by atoms with Gasteiger partial charge in [0.1, 0.15) is 35.7 Å². The third-order valence-electron chi connectivity index (χ3n) is 8.58. The highest BCUT2D eigenvalue weighted by atomic mass is 35.5. The number of benzene rings is 3. The molecular weight excluding hydrogens is 614 g/mol. The van der Waals surface area contributed by atoms with E-state index in [1.807, 2.05) is 10.6 Å². The van der Waals surface area contributed by atoms with Crippen LogP contribution in [0.4, 0.5) is 14.5 Å². The number of hydrogen-bond acceptors (Lipinski definition) is 6. The summed E-state index contributed by atoms with van der Waals surface area (Å²) in [5.74, 6) is -2.92. The Hall–Kier alpha value is -4.56. The van der Waals surface area contributed by atoms with E-state index in [-0.39, 0.29) is 34.4 Å². The van der Waals surface area contributed by atoms with Gasteiger partial charge in [-0.3, -0.25) is 9.59 Å². The average Bonchev–Trinajstić information content (AvgIpc) is 3.42. The number of anilines is 1. The van der Waals surface area contributed by atoms with E-state index in [4.69, 9.17) is 21.1 Å². The SMILES string of the molecule is COC1CCC(NC/C=C/C(=O)Nc2c(F)cc(C(=O)c3cn4c5c(cccc35)-c3c(ccc(C#N)c3Cl)OCC4)cc2F)CC1. The fourth-order valence-corrected chi connectivity index (χ4v) is 6.54. The van der Waals surface area contributed by atoms with E-state index in [0.717, 1.165) is 37.8 Å². The first kappa shape index (κ1) is 31.4. The monoisotopic (exact) mass is 644 g/mol. The van der Waals surface area contributed by atoms with Gasteiger partial charge in [0.25, 0.3) is 0 Å². The summed E-state index contributed by atoms with van der Waals surface area (Å²) in [4.78, 5) is 26.2. The van der Waals surface area contributed by atoms with Gasteiger partial charge in [0, 0.05) is 59.6 Å². The van der Waals surface area contributed by atoms with Crippen LogP contribution in [0.3, 0.4) is 0 Å². The number of carbonyl (C=O) groups is 2. The zero-order chi connectivity index (χ0) is 32.4. The minimum absolute atomic E-state index is 0.211. The molecule has 1 fully saturated rings. The second-order valence-electron chi connectivity index (χ2n) is 11.4. The van der Waals surface area contributed by atoms with Gasteiger partial charge in [0.05, 0.1) is 28.8 Å². The van der Waals surface area contributed by atoms with E-state index < -0.39 is 29.0 Å². The molecule has 1 amide bonds. The van der Waals surface area contributed by atoms with Crippen molar-refractivity contribution in [3.8, 4) is 22.9 Å². The van der Waals surface area contributed by atoms with Gasteiger partial charge in [-0.25, -0.2) is 8.78 Å². The summed E-state index contributed by atoms with van der Waals surface area (Å²) in [6.07, 6.45) is 8.63. The normalized spacial score (nSPS) is 17.5. The van der Waals surface area contributed by atoms with Crippen molar-refractivity contribution in [2.24, 2.45) is 0 Å². The first-order valence-electron chi connectivity index (χ1n) is 15.0. The molecule has 1 aliphatic heterocycles. The van der Waals surface area contributed by atoms with Gasteiger partial charge in [-0.05, 0) is 49.9 Å². The van der Waals surface area contributed by atoms with Crippen LogP contribution in [0.25, 0.3) is 22.0 Å². The van der Waals surface area contributed by atoms with Crippen molar-refractivity contribution in [1.82, 2.24) is 9.88 Å². The molecule has 2 N–H and O–H groups in total. The summed E-state index contributed by atoms with van der Waals surface area (Å²) in [6.45, 7) is 1.09. The summed E-state index contributed by atoms with van der Waals surface area (Å²) >= 11 is 6.63. The summed E-state index contributed by atoms with van der Waals surface area (Å²) in [5.41, 5.74) is 1.53. The number of nitrogens with one attached hydrogen (secondary N) is 2. The van der Waals surface area contributed by atoms with Gasteiger partial charge in [0.2, 0.25) is 5.91 Å². The van der Waals surface area contributed by atoms with Crippen molar-refractivity contribution >= 4 is 39.9 Å². The van der Waals surface area contributed by atoms with Crippen LogP contribution >= 0.6 is 11.6 Å². The quantitative estimate of drug-likeness (QED) is 0.162. The number of fused-ring (bicyclic) bond motifs is 2. The molecule has 1 aromatic heterocycles. The highest BCUT2D eigenvalue weighted by Gasteiger charge is 2.26. The standard InChI is InChI=1S/C35H31ClF2N4O4/c1-45-23-10-8-22(9-11-23)40-13-3-6-30(43)41-33-27(37)16-21(17-28(33)38)35(44)26-19-42-14-15-46-29-12-7-20(18-39)32(36)31(29)25-5-2-4-24(26)34(25)42/h2-7,12,16-17,19,22-23,40H,8-11,13-15H2,1H3,(H,41,43)/b6-3+. The highest BCUT2D eigenvalue weighted by molar-refractivity contribution is 6.35. The maximum atomic E-state index is 15.2. The molecule has 236 valence electrons. The number of hydrogen-bond donors (Lipinski definition) is 2. The fourth-order valence-electron chi connectivity index (χ4n) is 6.24. The Morgan fingerprint density at radius 2 is 1.91 bits per heavy atom. The zero-order valence-corrected chi connectivity index (χ0v) is 25.8. The van der Waals surface area contributed by atoms with Crippen LogP contribution in [0.5, 0.6) is 5.75 Å². The Bertz CT molecular complexity index is 1880. The third kappa shape index (κ3) is 6.14. The number of amides is 1. The molecule has 2 aliphatic rings. The number of ketones is 1. The van der Waals surface area contributed by atoms with Crippen LogP contribution in [0.2, 0.25) is 5.02 Å². The molecule has 3 aromatic carbocycles. The highest BCUT2D eigenvalue weighted by Crippen LogP contribution is 2.44. The molecule has 0 atom stereocenters. The lowest BCUT2D eigenvalue weighted by atomic mass is 9.93. The smallest absolute Gasteiger partial charge is 0.248 e. The number of para-hydroxylation sites is 1. The number of halogens is 3. The van der Waals surface area contributed by atoms with Crippen LogP contribution in [-0.4, -0.2) is 48.7 Å². The number of aromatic nitrogens is 1. The molecule has 4 aromatic rings. The van der Waals surface area contributed by atoms with Gasteiger partial charge >= 0.3 is 0 Å². The van der Waals surface area contributed by atoms with Crippen molar-refractivity contribution in [3.05, 3.63) is 94.2 Å². The minimum Gasteiger partial charge on any atom is -0.491 e. The third-order valence-corrected chi connectivity index (χ3v) is 8.97. The lowest BCUT2D eigenvalue weighted by Crippen LogP contribution is -2.35. The zero-order valence-electron chi connectivity index (χ0n) is 25.0. The molecule has 0 spiro atoms. The van der Waals surface area contributed by atoms with Crippen molar-refractivity contribution in [3.63, 3.8) is 0 Å². The predicted octanol–water partition coefficient (Wildman–Crippen LogP) is 6.78. The Labute approximate surface area is 269 Å². The maximum Gasteiger partial charge on any atom is 0.248 e. The van der Waals surface area contributed by atoms with E-state index in [1.54, 1.807) is 43.6 Å². The number of carbonyl (C=O) groups excluding carboxylic acids is 2. The summed E-state index contributed by atoms with van der Waals surface area (Å²) in [6, 6.07) is 12.8. The number of nitriles is 1. The Kier molecular flexibility index (Phi) is 9.17. The molecule has 46 heavy (non-hydrogen) atoms. The van der Waals surface area contributed by atoms with Crippen molar-refractivity contribution in [1.29, 1.82) is 5.26 Å². The second-order valence-corrected chi connectivity index (χ2v) is 11.7. The number of methoxy groups -OCH3 is 1. The van der Waals surface area contributed by atoms with Crippen LogP contribution < -0.4 is 15.4 Å². The Morgan fingerprint density at radius 3 is 2.63 bits per heavy atom. The molecule has 0 unspecified atom stereocenters. The summed E-state index contributed by atoms with van der Waals surface area (Å²) in [5, 5.41) is 15.9. The van der Waals surface area contributed by atoms with Crippen molar-refractivity contribution < 1.29 is 27.8 Å². The summed E-state index contributed by atoms with van der Waals surface area (Å²) in [7, 11) is 1.72. The first-order chi connectivity index (χ1) is 22.3. The van der Waals surface area contributed by atoms with Crippen LogP contribution in [0, 0.1) is 23.0 Å². The first-order valence-corrected chi connectivity index (χ1v) is 15.4. The molecule has 1 aliphatic carbocycles. The lowest BCUT2D eigenvalue weighted by molar-refractivity contribution is -0.112. The lowest BCUT2D eigenvalue weighted by Gasteiger charge is -2.27. The van der Waals surface area contributed by atoms with Gasteiger partial charge in [0.15, 0.2) is 5.78 Å².